The number of carbonyl (C=O) groups excluding carboxylic acids is 1. The summed E-state index contributed by atoms with van der Waals surface area (Å²) in [6.07, 6.45) is 2.11. The summed E-state index contributed by atoms with van der Waals surface area (Å²) in [6, 6.07) is 11.4. The van der Waals surface area contributed by atoms with Gasteiger partial charge in [-0.15, -0.1) is 0 Å². The SMILES string of the molecule is CCC(O)CON=CCc1ccc2ccccc2c1C(N)=O. The maximum atomic E-state index is 11.8. The van der Waals surface area contributed by atoms with E-state index in [1.165, 1.54) is 0 Å². The molecule has 3 N–H and O–H groups in total. The first-order valence-corrected chi connectivity index (χ1v) is 7.25. The van der Waals surface area contributed by atoms with E-state index in [0.717, 1.165) is 16.3 Å². The molecule has 0 saturated heterocycles. The number of oxime groups is 1. The molecule has 2 aromatic carbocycles. The fraction of sp³-hybridized carbons (Fsp3) is 0.294. The topological polar surface area (TPSA) is 84.9 Å². The van der Waals surface area contributed by atoms with E-state index >= 15 is 0 Å². The van der Waals surface area contributed by atoms with Crippen molar-refractivity contribution in [2.24, 2.45) is 10.9 Å². The third-order valence-corrected chi connectivity index (χ3v) is 3.46. The van der Waals surface area contributed by atoms with Gasteiger partial charge in [-0.05, 0) is 22.8 Å². The molecule has 0 radical (unpaired) electrons. The van der Waals surface area contributed by atoms with Crippen molar-refractivity contribution in [2.45, 2.75) is 25.9 Å². The molecule has 0 aliphatic rings. The van der Waals surface area contributed by atoms with Gasteiger partial charge in [0, 0.05) is 12.6 Å². The Labute approximate surface area is 129 Å². The Bertz CT molecular complexity index is 683. The lowest BCUT2D eigenvalue weighted by Crippen LogP contribution is -2.15. The summed E-state index contributed by atoms with van der Waals surface area (Å²) in [5, 5.41) is 15.0. The number of aliphatic hydroxyl groups is 1. The van der Waals surface area contributed by atoms with Gasteiger partial charge < -0.3 is 15.7 Å². The molecular formula is C17H20N2O3. The summed E-state index contributed by atoms with van der Waals surface area (Å²) in [7, 11) is 0. The quantitative estimate of drug-likeness (QED) is 0.607. The van der Waals surface area contributed by atoms with Gasteiger partial charge in [-0.1, -0.05) is 48.5 Å². The van der Waals surface area contributed by atoms with E-state index in [1.54, 1.807) is 6.21 Å². The highest BCUT2D eigenvalue weighted by atomic mass is 16.6. The summed E-state index contributed by atoms with van der Waals surface area (Å²) in [4.78, 5) is 16.8. The minimum Gasteiger partial charge on any atom is -0.393 e. The molecular weight excluding hydrogens is 280 g/mol. The Morgan fingerprint density at radius 2 is 2.14 bits per heavy atom. The van der Waals surface area contributed by atoms with E-state index < -0.39 is 12.0 Å². The van der Waals surface area contributed by atoms with Crippen LogP contribution in [0.2, 0.25) is 0 Å². The summed E-state index contributed by atoms with van der Waals surface area (Å²) in [6.45, 7) is 2.03. The van der Waals surface area contributed by atoms with Gasteiger partial charge in [-0.25, -0.2) is 0 Å². The van der Waals surface area contributed by atoms with Crippen LogP contribution in [0, 0.1) is 0 Å². The van der Waals surface area contributed by atoms with Gasteiger partial charge in [-0.3, -0.25) is 4.79 Å². The highest BCUT2D eigenvalue weighted by molar-refractivity contribution is 6.08. The van der Waals surface area contributed by atoms with Gasteiger partial charge in [0.2, 0.25) is 5.91 Å². The summed E-state index contributed by atoms with van der Waals surface area (Å²) in [5.74, 6) is -0.456. The second-order valence-corrected chi connectivity index (χ2v) is 5.04. The lowest BCUT2D eigenvalue weighted by Gasteiger charge is -2.09. The Morgan fingerprint density at radius 3 is 2.86 bits per heavy atom. The van der Waals surface area contributed by atoms with Crippen molar-refractivity contribution in [2.75, 3.05) is 6.61 Å². The Balaban J connectivity index is 2.15. The Morgan fingerprint density at radius 1 is 1.36 bits per heavy atom. The van der Waals surface area contributed by atoms with Crippen LogP contribution in [0.4, 0.5) is 0 Å². The summed E-state index contributed by atoms with van der Waals surface area (Å²) >= 11 is 0. The average Bonchev–Trinajstić information content (AvgIpc) is 2.53. The van der Waals surface area contributed by atoms with Crippen LogP contribution in [0.3, 0.4) is 0 Å². The third-order valence-electron chi connectivity index (χ3n) is 3.46. The highest BCUT2D eigenvalue weighted by Gasteiger charge is 2.11. The minimum atomic E-state index is -0.515. The lowest BCUT2D eigenvalue weighted by atomic mass is 9.97. The van der Waals surface area contributed by atoms with Crippen LogP contribution in [0.5, 0.6) is 0 Å². The molecule has 0 aromatic heterocycles. The molecule has 5 heteroatoms. The van der Waals surface area contributed by atoms with E-state index in [-0.39, 0.29) is 6.61 Å². The molecule has 0 heterocycles. The van der Waals surface area contributed by atoms with Crippen molar-refractivity contribution >= 4 is 22.9 Å². The zero-order valence-corrected chi connectivity index (χ0v) is 12.5. The van der Waals surface area contributed by atoms with Crippen LogP contribution in [0.1, 0.15) is 29.3 Å². The smallest absolute Gasteiger partial charge is 0.249 e. The molecule has 0 spiro atoms. The number of hydrogen-bond acceptors (Lipinski definition) is 4. The average molecular weight is 300 g/mol. The second-order valence-electron chi connectivity index (χ2n) is 5.04. The van der Waals surface area contributed by atoms with Crippen molar-refractivity contribution in [3.05, 3.63) is 47.5 Å². The summed E-state index contributed by atoms with van der Waals surface area (Å²) in [5.41, 5.74) is 6.83. The lowest BCUT2D eigenvalue weighted by molar-refractivity contribution is 0.0388. The standard InChI is InChI=1S/C17H20N2O3/c1-2-14(20)11-22-19-10-9-13-8-7-12-5-3-4-6-15(12)16(13)17(18)21/h3-8,10,14,20H,2,9,11H2,1H3,(H2,18,21). The molecule has 1 unspecified atom stereocenters. The molecule has 2 aromatic rings. The molecule has 1 amide bonds. The number of fused-ring (bicyclic) bond motifs is 1. The van der Waals surface area contributed by atoms with Crippen LogP contribution in [0.25, 0.3) is 10.8 Å². The first-order valence-electron chi connectivity index (χ1n) is 7.25. The largest absolute Gasteiger partial charge is 0.393 e. The van der Waals surface area contributed by atoms with E-state index in [9.17, 15) is 9.90 Å². The van der Waals surface area contributed by atoms with E-state index in [4.69, 9.17) is 10.6 Å². The third kappa shape index (κ3) is 3.83. The maximum Gasteiger partial charge on any atom is 0.249 e. The number of rotatable bonds is 7. The van der Waals surface area contributed by atoms with Crippen LogP contribution in [0.15, 0.2) is 41.6 Å². The van der Waals surface area contributed by atoms with Gasteiger partial charge in [0.1, 0.15) is 6.61 Å². The number of amides is 1. The maximum absolute atomic E-state index is 11.8. The Hall–Kier alpha value is -2.40. The molecule has 0 bridgehead atoms. The number of benzene rings is 2. The van der Waals surface area contributed by atoms with Crippen molar-refractivity contribution in [3.63, 3.8) is 0 Å². The van der Waals surface area contributed by atoms with Crippen LogP contribution < -0.4 is 5.73 Å². The molecule has 1 atom stereocenters. The number of nitrogens with zero attached hydrogens (tertiary/aromatic N) is 1. The van der Waals surface area contributed by atoms with Crippen molar-refractivity contribution in [1.29, 1.82) is 0 Å². The predicted octanol–water partition coefficient (Wildman–Crippen LogP) is 2.25. The van der Waals surface area contributed by atoms with Crippen LogP contribution >= 0.6 is 0 Å². The summed E-state index contributed by atoms with van der Waals surface area (Å²) < 4.78 is 0. The van der Waals surface area contributed by atoms with E-state index in [1.807, 2.05) is 43.3 Å². The fourth-order valence-electron chi connectivity index (χ4n) is 2.21. The molecule has 2 rings (SSSR count). The Kier molecular flexibility index (Phi) is 5.49. The van der Waals surface area contributed by atoms with Gasteiger partial charge in [-0.2, -0.15) is 0 Å². The number of carbonyl (C=O) groups is 1. The van der Waals surface area contributed by atoms with Gasteiger partial charge in [0.15, 0.2) is 0 Å². The zero-order valence-electron chi connectivity index (χ0n) is 12.5. The van der Waals surface area contributed by atoms with Crippen molar-refractivity contribution in [1.82, 2.24) is 0 Å². The van der Waals surface area contributed by atoms with Crippen molar-refractivity contribution < 1.29 is 14.7 Å². The number of hydrogen-bond donors (Lipinski definition) is 2. The molecule has 0 aliphatic carbocycles. The molecule has 0 fully saturated rings. The van der Waals surface area contributed by atoms with Crippen LogP contribution in [-0.4, -0.2) is 29.9 Å². The second kappa shape index (κ2) is 7.56. The fourth-order valence-corrected chi connectivity index (χ4v) is 2.21. The van der Waals surface area contributed by atoms with Crippen molar-refractivity contribution in [3.8, 4) is 0 Å². The van der Waals surface area contributed by atoms with Crippen LogP contribution in [-0.2, 0) is 11.3 Å². The molecule has 116 valence electrons. The molecule has 0 aliphatic heterocycles. The molecule has 22 heavy (non-hydrogen) atoms. The minimum absolute atomic E-state index is 0.160. The zero-order chi connectivity index (χ0) is 15.9. The van der Waals surface area contributed by atoms with Gasteiger partial charge >= 0.3 is 0 Å². The van der Waals surface area contributed by atoms with E-state index in [0.29, 0.717) is 18.4 Å². The number of aliphatic hydroxyl groups excluding tert-OH is 1. The van der Waals surface area contributed by atoms with Gasteiger partial charge in [0.25, 0.3) is 0 Å². The predicted molar refractivity (Wildman–Crippen MR) is 86.9 cm³/mol. The first kappa shape index (κ1) is 16.0. The normalized spacial score (nSPS) is 12.6. The van der Waals surface area contributed by atoms with E-state index in [2.05, 4.69) is 5.16 Å². The molecule has 0 saturated carbocycles. The highest BCUT2D eigenvalue weighted by Crippen LogP contribution is 2.22. The number of primary amides is 1. The number of nitrogens with two attached hydrogens (primary N) is 1. The molecule has 5 nitrogen and oxygen atoms in total. The monoisotopic (exact) mass is 300 g/mol. The first-order chi connectivity index (χ1) is 10.6. The van der Waals surface area contributed by atoms with Gasteiger partial charge in [0.05, 0.1) is 11.7 Å².